The number of imidazole rings is 1. The minimum absolute atomic E-state index is 0.0460. The van der Waals surface area contributed by atoms with Crippen molar-refractivity contribution in [3.63, 3.8) is 0 Å². The molecule has 0 radical (unpaired) electrons. The maximum Gasteiger partial charge on any atom is 0.259 e. The maximum absolute atomic E-state index is 12.4. The van der Waals surface area contributed by atoms with E-state index < -0.39 is 10.0 Å². The van der Waals surface area contributed by atoms with Crippen molar-refractivity contribution in [2.24, 2.45) is 7.05 Å². The first-order chi connectivity index (χ1) is 10.8. The van der Waals surface area contributed by atoms with Crippen LogP contribution in [0, 0.1) is 0 Å². The van der Waals surface area contributed by atoms with Crippen molar-refractivity contribution < 1.29 is 12.9 Å². The van der Waals surface area contributed by atoms with Crippen molar-refractivity contribution in [1.29, 1.82) is 0 Å². The SMILES string of the molecule is CN(C)Cc1noc2c1CC(NS(=O)(=O)c1cn(C)cn1)CC2. The molecule has 1 N–H and O–H groups in total. The van der Waals surface area contributed by atoms with Gasteiger partial charge in [-0.25, -0.2) is 18.1 Å². The average Bonchev–Trinajstić information content (AvgIpc) is 3.05. The zero-order chi connectivity index (χ0) is 16.6. The fourth-order valence-electron chi connectivity index (χ4n) is 2.80. The van der Waals surface area contributed by atoms with Crippen molar-refractivity contribution in [3.05, 3.63) is 29.5 Å². The summed E-state index contributed by atoms with van der Waals surface area (Å²) in [6.45, 7) is 0.679. The number of hydrogen-bond acceptors (Lipinski definition) is 6. The van der Waals surface area contributed by atoms with Gasteiger partial charge in [0.1, 0.15) is 11.5 Å². The second-order valence-corrected chi connectivity index (χ2v) is 7.87. The molecule has 0 aromatic carbocycles. The van der Waals surface area contributed by atoms with Gasteiger partial charge in [0, 0.05) is 37.8 Å². The quantitative estimate of drug-likeness (QED) is 0.842. The van der Waals surface area contributed by atoms with Gasteiger partial charge < -0.3 is 14.0 Å². The van der Waals surface area contributed by atoms with Gasteiger partial charge in [-0.1, -0.05) is 5.16 Å². The summed E-state index contributed by atoms with van der Waals surface area (Å²) in [5, 5.41) is 4.17. The van der Waals surface area contributed by atoms with Crippen molar-refractivity contribution >= 4 is 10.0 Å². The van der Waals surface area contributed by atoms with Gasteiger partial charge in [0.15, 0.2) is 5.03 Å². The smallest absolute Gasteiger partial charge is 0.259 e. The lowest BCUT2D eigenvalue weighted by Crippen LogP contribution is -2.39. The lowest BCUT2D eigenvalue weighted by atomic mass is 9.92. The van der Waals surface area contributed by atoms with Crippen LogP contribution in [0.4, 0.5) is 0 Å². The van der Waals surface area contributed by atoms with Crippen LogP contribution in [0.15, 0.2) is 22.1 Å². The Hall–Kier alpha value is -1.71. The van der Waals surface area contributed by atoms with E-state index in [1.165, 1.54) is 12.5 Å². The second-order valence-electron chi connectivity index (χ2n) is 6.21. The second kappa shape index (κ2) is 6.06. The van der Waals surface area contributed by atoms with Crippen LogP contribution < -0.4 is 4.72 Å². The number of sulfonamides is 1. The molecular weight excluding hydrogens is 318 g/mol. The molecule has 0 aliphatic heterocycles. The number of aryl methyl sites for hydroxylation is 2. The number of nitrogens with one attached hydrogen (secondary N) is 1. The third-order valence-corrected chi connectivity index (χ3v) is 5.27. The summed E-state index contributed by atoms with van der Waals surface area (Å²) in [6.07, 6.45) is 4.94. The number of rotatable bonds is 5. The van der Waals surface area contributed by atoms with Crippen molar-refractivity contribution in [3.8, 4) is 0 Å². The van der Waals surface area contributed by atoms with E-state index >= 15 is 0 Å². The predicted octanol–water partition coefficient (Wildman–Crippen LogP) is 0.305. The van der Waals surface area contributed by atoms with E-state index in [4.69, 9.17) is 4.52 Å². The molecule has 0 spiro atoms. The van der Waals surface area contributed by atoms with E-state index in [-0.39, 0.29) is 11.1 Å². The van der Waals surface area contributed by atoms with Crippen molar-refractivity contribution in [2.75, 3.05) is 14.1 Å². The Labute approximate surface area is 135 Å². The highest BCUT2D eigenvalue weighted by Gasteiger charge is 2.29. The van der Waals surface area contributed by atoms with Crippen LogP contribution >= 0.6 is 0 Å². The van der Waals surface area contributed by atoms with Gasteiger partial charge in [0.25, 0.3) is 10.0 Å². The van der Waals surface area contributed by atoms with Crippen LogP contribution in [0.5, 0.6) is 0 Å². The molecule has 0 saturated heterocycles. The number of hydrogen-bond donors (Lipinski definition) is 1. The van der Waals surface area contributed by atoms with E-state index in [1.807, 2.05) is 19.0 Å². The number of fused-ring (bicyclic) bond motifs is 1. The molecule has 1 aliphatic carbocycles. The monoisotopic (exact) mass is 339 g/mol. The third-order valence-electron chi connectivity index (χ3n) is 3.87. The summed E-state index contributed by atoms with van der Waals surface area (Å²) in [5.74, 6) is 0.870. The predicted molar refractivity (Wildman–Crippen MR) is 83.2 cm³/mol. The Morgan fingerprint density at radius 2 is 2.26 bits per heavy atom. The Morgan fingerprint density at radius 3 is 2.91 bits per heavy atom. The number of nitrogens with zero attached hydrogens (tertiary/aromatic N) is 4. The fraction of sp³-hybridized carbons (Fsp3) is 0.571. The summed E-state index contributed by atoms with van der Waals surface area (Å²) in [5.41, 5.74) is 1.91. The molecule has 2 aromatic rings. The van der Waals surface area contributed by atoms with Gasteiger partial charge in [-0.15, -0.1) is 0 Å². The highest BCUT2D eigenvalue weighted by Crippen LogP contribution is 2.26. The molecule has 8 nitrogen and oxygen atoms in total. The highest BCUT2D eigenvalue weighted by molar-refractivity contribution is 7.89. The molecule has 23 heavy (non-hydrogen) atoms. The summed E-state index contributed by atoms with van der Waals surface area (Å²) in [4.78, 5) is 5.93. The average molecular weight is 339 g/mol. The number of aromatic nitrogens is 3. The van der Waals surface area contributed by atoms with E-state index in [1.54, 1.807) is 11.6 Å². The molecule has 1 aliphatic rings. The summed E-state index contributed by atoms with van der Waals surface area (Å²) < 4.78 is 34.5. The normalized spacial score (nSPS) is 18.3. The molecular formula is C14H21N5O3S. The van der Waals surface area contributed by atoms with Crippen LogP contribution in [0.2, 0.25) is 0 Å². The van der Waals surface area contributed by atoms with Gasteiger partial charge in [0.2, 0.25) is 0 Å². The first-order valence-electron chi connectivity index (χ1n) is 7.46. The molecule has 0 saturated carbocycles. The molecule has 3 rings (SSSR count). The summed E-state index contributed by atoms with van der Waals surface area (Å²) >= 11 is 0. The Balaban J connectivity index is 1.75. The highest BCUT2D eigenvalue weighted by atomic mass is 32.2. The zero-order valence-electron chi connectivity index (χ0n) is 13.5. The molecule has 1 atom stereocenters. The first kappa shape index (κ1) is 16.2. The van der Waals surface area contributed by atoms with Crippen molar-refractivity contribution in [2.45, 2.75) is 36.9 Å². The Kier molecular flexibility index (Phi) is 4.26. The molecule has 126 valence electrons. The Morgan fingerprint density at radius 1 is 1.48 bits per heavy atom. The molecule has 0 bridgehead atoms. The molecule has 1 unspecified atom stereocenters. The van der Waals surface area contributed by atoms with E-state index in [9.17, 15) is 8.42 Å². The lowest BCUT2D eigenvalue weighted by molar-refractivity contribution is 0.343. The van der Waals surface area contributed by atoms with E-state index in [0.29, 0.717) is 25.8 Å². The Bertz CT molecular complexity index is 793. The molecule has 2 aromatic heterocycles. The van der Waals surface area contributed by atoms with Gasteiger partial charge in [-0.05, 0) is 26.9 Å². The first-order valence-corrected chi connectivity index (χ1v) is 8.95. The lowest BCUT2D eigenvalue weighted by Gasteiger charge is -2.22. The van der Waals surface area contributed by atoms with Gasteiger partial charge in [0.05, 0.1) is 6.33 Å². The van der Waals surface area contributed by atoms with Crippen LogP contribution in [0.25, 0.3) is 0 Å². The van der Waals surface area contributed by atoms with E-state index in [0.717, 1.165) is 17.0 Å². The van der Waals surface area contributed by atoms with Crippen molar-refractivity contribution in [1.82, 2.24) is 24.3 Å². The standard InChI is InChI=1S/C14H21N5O3S/c1-18(2)7-12-11-6-10(4-5-13(11)22-16-12)17-23(20,21)14-8-19(3)9-15-14/h8-10,17H,4-7H2,1-3H3. The minimum atomic E-state index is -3.60. The maximum atomic E-state index is 12.4. The topological polar surface area (TPSA) is 93.3 Å². The van der Waals surface area contributed by atoms with Crippen LogP contribution in [0.1, 0.15) is 23.4 Å². The minimum Gasteiger partial charge on any atom is -0.361 e. The summed E-state index contributed by atoms with van der Waals surface area (Å²) in [6, 6.07) is -0.171. The van der Waals surface area contributed by atoms with Crippen LogP contribution in [-0.4, -0.2) is 48.2 Å². The van der Waals surface area contributed by atoms with Gasteiger partial charge >= 0.3 is 0 Å². The van der Waals surface area contributed by atoms with Crippen LogP contribution in [-0.2, 0) is 36.5 Å². The fourth-order valence-corrected chi connectivity index (χ4v) is 4.05. The molecule has 9 heteroatoms. The molecule has 0 fully saturated rings. The molecule has 2 heterocycles. The summed E-state index contributed by atoms with van der Waals surface area (Å²) in [7, 11) is 2.06. The van der Waals surface area contributed by atoms with Gasteiger partial charge in [-0.2, -0.15) is 0 Å². The molecule has 0 amide bonds. The largest absolute Gasteiger partial charge is 0.361 e. The van der Waals surface area contributed by atoms with Gasteiger partial charge in [-0.3, -0.25) is 0 Å². The van der Waals surface area contributed by atoms with Crippen LogP contribution in [0.3, 0.4) is 0 Å². The third kappa shape index (κ3) is 3.46. The zero-order valence-corrected chi connectivity index (χ0v) is 14.3. The van der Waals surface area contributed by atoms with E-state index in [2.05, 4.69) is 14.9 Å².